The summed E-state index contributed by atoms with van der Waals surface area (Å²) >= 11 is 0. The summed E-state index contributed by atoms with van der Waals surface area (Å²) in [7, 11) is -3.16. The van der Waals surface area contributed by atoms with Crippen molar-refractivity contribution >= 4 is 26.6 Å². The molecular formula is C16H17FN4O2S. The standard InChI is InChI=1S/C16H17FN4O2S/c1-11-7-13(17)8-14-15(11)20-10-12(9-18)16(14)19-3-5-21-4-2-6-24(21,22)23/h7-8,10H,2-6H2,1H3,(H,19,20). The van der Waals surface area contributed by atoms with Gasteiger partial charge in [0.05, 0.1) is 22.5 Å². The normalized spacial score (nSPS) is 17.0. The van der Waals surface area contributed by atoms with Crippen LogP contribution in [0.15, 0.2) is 18.3 Å². The van der Waals surface area contributed by atoms with Crippen molar-refractivity contribution in [2.24, 2.45) is 0 Å². The third kappa shape index (κ3) is 3.05. The van der Waals surface area contributed by atoms with Gasteiger partial charge in [0.2, 0.25) is 10.0 Å². The van der Waals surface area contributed by atoms with E-state index in [4.69, 9.17) is 0 Å². The van der Waals surface area contributed by atoms with Crippen molar-refractivity contribution in [2.45, 2.75) is 13.3 Å². The van der Waals surface area contributed by atoms with E-state index in [9.17, 15) is 18.1 Å². The van der Waals surface area contributed by atoms with Crippen molar-refractivity contribution in [1.29, 1.82) is 5.26 Å². The molecule has 1 saturated heterocycles. The first-order valence-corrected chi connectivity index (χ1v) is 9.24. The van der Waals surface area contributed by atoms with Crippen LogP contribution < -0.4 is 5.32 Å². The monoisotopic (exact) mass is 348 g/mol. The molecule has 0 spiro atoms. The number of nitriles is 1. The molecule has 1 aromatic heterocycles. The Labute approximate surface area is 140 Å². The van der Waals surface area contributed by atoms with Crippen LogP contribution in [0.1, 0.15) is 17.5 Å². The molecule has 6 nitrogen and oxygen atoms in total. The van der Waals surface area contributed by atoms with Crippen LogP contribution >= 0.6 is 0 Å². The predicted molar refractivity (Wildman–Crippen MR) is 89.6 cm³/mol. The van der Waals surface area contributed by atoms with Gasteiger partial charge in [-0.05, 0) is 31.0 Å². The van der Waals surface area contributed by atoms with Gasteiger partial charge < -0.3 is 5.32 Å². The molecule has 0 saturated carbocycles. The second kappa shape index (κ2) is 6.34. The number of hydrogen-bond acceptors (Lipinski definition) is 5. The van der Waals surface area contributed by atoms with Gasteiger partial charge in [-0.25, -0.2) is 17.1 Å². The Morgan fingerprint density at radius 3 is 2.92 bits per heavy atom. The van der Waals surface area contributed by atoms with Gasteiger partial charge in [0.1, 0.15) is 11.9 Å². The van der Waals surface area contributed by atoms with Crippen LogP contribution in [-0.4, -0.2) is 43.1 Å². The Balaban J connectivity index is 1.89. The maximum Gasteiger partial charge on any atom is 0.214 e. The summed E-state index contributed by atoms with van der Waals surface area (Å²) < 4.78 is 38.8. The van der Waals surface area contributed by atoms with E-state index in [1.54, 1.807) is 6.92 Å². The lowest BCUT2D eigenvalue weighted by atomic mass is 10.1. The van der Waals surface area contributed by atoms with Crippen LogP contribution in [0.25, 0.3) is 10.9 Å². The summed E-state index contributed by atoms with van der Waals surface area (Å²) in [5.74, 6) is -0.221. The van der Waals surface area contributed by atoms with Crippen LogP contribution in [0, 0.1) is 24.1 Å². The summed E-state index contributed by atoms with van der Waals surface area (Å²) in [5.41, 5.74) is 2.09. The van der Waals surface area contributed by atoms with Crippen molar-refractivity contribution in [3.63, 3.8) is 0 Å². The highest BCUT2D eigenvalue weighted by atomic mass is 32.2. The summed E-state index contributed by atoms with van der Waals surface area (Å²) in [6, 6.07) is 4.77. The number of rotatable bonds is 4. The minimum atomic E-state index is -3.16. The zero-order valence-electron chi connectivity index (χ0n) is 13.2. The van der Waals surface area contributed by atoms with E-state index in [1.807, 2.05) is 6.07 Å². The van der Waals surface area contributed by atoms with Gasteiger partial charge in [-0.3, -0.25) is 4.98 Å². The topological polar surface area (TPSA) is 86.1 Å². The SMILES string of the molecule is Cc1cc(F)cc2c(NCCN3CCCS3(=O)=O)c(C#N)cnc12. The van der Waals surface area contributed by atoms with Crippen molar-refractivity contribution in [1.82, 2.24) is 9.29 Å². The van der Waals surface area contributed by atoms with Crippen molar-refractivity contribution in [3.8, 4) is 6.07 Å². The third-order valence-electron chi connectivity index (χ3n) is 4.11. The number of anilines is 1. The Morgan fingerprint density at radius 1 is 1.46 bits per heavy atom. The number of hydrogen-bond donors (Lipinski definition) is 1. The maximum atomic E-state index is 13.8. The molecule has 1 aliphatic rings. The van der Waals surface area contributed by atoms with E-state index in [0.717, 1.165) is 0 Å². The zero-order chi connectivity index (χ0) is 17.3. The molecule has 0 atom stereocenters. The number of sulfonamides is 1. The molecule has 8 heteroatoms. The summed E-state index contributed by atoms with van der Waals surface area (Å²) in [6.45, 7) is 2.92. The summed E-state index contributed by atoms with van der Waals surface area (Å²) in [6.07, 6.45) is 2.08. The van der Waals surface area contributed by atoms with Crippen LogP contribution in [0.5, 0.6) is 0 Å². The average molecular weight is 348 g/mol. The van der Waals surface area contributed by atoms with E-state index in [-0.39, 0.29) is 5.75 Å². The molecule has 2 heterocycles. The van der Waals surface area contributed by atoms with Gasteiger partial charge in [-0.15, -0.1) is 0 Å². The van der Waals surface area contributed by atoms with Crippen molar-refractivity contribution < 1.29 is 12.8 Å². The third-order valence-corrected chi connectivity index (χ3v) is 6.07. The summed E-state index contributed by atoms with van der Waals surface area (Å²) in [5, 5.41) is 12.9. The second-order valence-corrected chi connectivity index (χ2v) is 7.86. The number of benzene rings is 1. The molecule has 1 N–H and O–H groups in total. The highest BCUT2D eigenvalue weighted by Gasteiger charge is 2.27. The molecule has 1 fully saturated rings. The second-order valence-electron chi connectivity index (χ2n) is 5.77. The fourth-order valence-electron chi connectivity index (χ4n) is 2.96. The molecule has 1 aromatic carbocycles. The Bertz CT molecular complexity index is 937. The van der Waals surface area contributed by atoms with E-state index in [1.165, 1.54) is 22.6 Å². The van der Waals surface area contributed by atoms with Crippen LogP contribution in [0.2, 0.25) is 0 Å². The fourth-order valence-corrected chi connectivity index (χ4v) is 4.49. The number of pyridine rings is 1. The Hall–Kier alpha value is -2.24. The van der Waals surface area contributed by atoms with Gasteiger partial charge in [-0.2, -0.15) is 5.26 Å². The predicted octanol–water partition coefficient (Wildman–Crippen LogP) is 2.00. The number of aryl methyl sites for hydroxylation is 1. The molecule has 2 aromatic rings. The smallest absolute Gasteiger partial charge is 0.214 e. The molecule has 24 heavy (non-hydrogen) atoms. The van der Waals surface area contributed by atoms with E-state index >= 15 is 0 Å². The molecule has 3 rings (SSSR count). The largest absolute Gasteiger partial charge is 0.382 e. The zero-order valence-corrected chi connectivity index (χ0v) is 14.0. The Kier molecular flexibility index (Phi) is 4.39. The first-order valence-electron chi connectivity index (χ1n) is 7.63. The lowest BCUT2D eigenvalue weighted by Gasteiger charge is -2.17. The van der Waals surface area contributed by atoms with Gasteiger partial charge in [0, 0.05) is 31.2 Å². The van der Waals surface area contributed by atoms with Crippen molar-refractivity contribution in [2.75, 3.05) is 30.7 Å². The van der Waals surface area contributed by atoms with E-state index in [0.29, 0.717) is 53.8 Å². The lowest BCUT2D eigenvalue weighted by Crippen LogP contribution is -2.30. The molecule has 0 aliphatic carbocycles. The number of nitrogens with zero attached hydrogens (tertiary/aromatic N) is 3. The number of halogens is 1. The van der Waals surface area contributed by atoms with E-state index in [2.05, 4.69) is 10.3 Å². The molecule has 1 aliphatic heterocycles. The van der Waals surface area contributed by atoms with Gasteiger partial charge in [0.25, 0.3) is 0 Å². The minimum Gasteiger partial charge on any atom is -0.382 e. The van der Waals surface area contributed by atoms with Crippen LogP contribution in [0.4, 0.5) is 10.1 Å². The van der Waals surface area contributed by atoms with Gasteiger partial charge in [0.15, 0.2) is 0 Å². The first-order chi connectivity index (χ1) is 11.4. The maximum absolute atomic E-state index is 13.8. The summed E-state index contributed by atoms with van der Waals surface area (Å²) in [4.78, 5) is 4.23. The fraction of sp³-hybridized carbons (Fsp3) is 0.375. The highest BCUT2D eigenvalue weighted by Crippen LogP contribution is 2.28. The van der Waals surface area contributed by atoms with Crippen LogP contribution in [-0.2, 0) is 10.0 Å². The minimum absolute atomic E-state index is 0.180. The Morgan fingerprint density at radius 2 is 2.25 bits per heavy atom. The van der Waals surface area contributed by atoms with E-state index < -0.39 is 15.8 Å². The first kappa shape index (κ1) is 16.6. The van der Waals surface area contributed by atoms with Gasteiger partial charge >= 0.3 is 0 Å². The number of nitrogens with one attached hydrogen (secondary N) is 1. The lowest BCUT2D eigenvalue weighted by molar-refractivity contribution is 0.456. The molecule has 0 bridgehead atoms. The molecule has 126 valence electrons. The highest BCUT2D eigenvalue weighted by molar-refractivity contribution is 7.89. The number of aromatic nitrogens is 1. The molecular weight excluding hydrogens is 331 g/mol. The quantitative estimate of drug-likeness (QED) is 0.913. The van der Waals surface area contributed by atoms with Crippen LogP contribution in [0.3, 0.4) is 0 Å². The molecule has 0 radical (unpaired) electrons. The average Bonchev–Trinajstić information content (AvgIpc) is 2.86. The number of fused-ring (bicyclic) bond motifs is 1. The molecule has 0 unspecified atom stereocenters. The van der Waals surface area contributed by atoms with Gasteiger partial charge in [-0.1, -0.05) is 0 Å². The molecule has 0 amide bonds. The van der Waals surface area contributed by atoms with Crippen molar-refractivity contribution in [3.05, 3.63) is 35.3 Å².